The molecule has 13 aliphatic rings. The number of thioether (sulfide) groups is 3. The predicted molar refractivity (Wildman–Crippen MR) is 348 cm³/mol. The van der Waals surface area contributed by atoms with E-state index in [9.17, 15) is 31.5 Å². The molecule has 99 heavy (non-hydrogen) atoms. The van der Waals surface area contributed by atoms with E-state index >= 15 is 0 Å². The standard InChI is InChI=1S/C14H26O10S2.C12H18O6.C12H20O4S.C9H16O4S.C8H14O3S.C6H10O6/c1-13(2)19-7-9(21-13)12(24-26(6,17)18)11-10(8-20-25(5,15)16)22-14(3,4)23-11;1-11(2)14-5-6(16-11)7-8-9(10(13)15-7)18-12(3,4)17-8;1-11(2)13-5-7(14-11)10-9-8(6-17-10)15-12(3,4)16-9;1-9(2)12-6-4-14-8(5(11)3-10)7(6)13-9;1-8(2)10-5-4-12-6(3-9)7(5)11-8;7-1-2(8)5-3(9)4(10)6(11)12-5/h9-12H,7-8H2,1-6H3;6-9H,5H2,1-4H3;7-10H,5-6H2,1-4H3;5-8,10-11H,3-4H2,1-2H3;5-7,9H,3-4H2,1-2H3;2-5,7-10H,1H2/t9-,10-,11-,12-;6-,7-,8+,9+;7-,8-,9-,10+;5?,6-,7-,8+;5-,6+,7-;2-,3-,4+,5-/m000000/s1. The van der Waals surface area contributed by atoms with E-state index in [4.69, 9.17) is 120 Å². The first-order valence-electron chi connectivity index (χ1n) is 32.7. The lowest BCUT2D eigenvalue weighted by Crippen LogP contribution is -2.48. The first kappa shape index (κ1) is 83.5. The fourth-order valence-electron chi connectivity index (χ4n) is 13.1. The van der Waals surface area contributed by atoms with Crippen molar-refractivity contribution in [2.24, 2.45) is 0 Å². The van der Waals surface area contributed by atoms with Gasteiger partial charge in [0, 0.05) is 17.3 Å². The highest BCUT2D eigenvalue weighted by atomic mass is 32.2. The number of ether oxygens (including phenoxy) is 18. The van der Waals surface area contributed by atoms with Crippen molar-refractivity contribution in [3.63, 3.8) is 0 Å². The zero-order valence-corrected chi connectivity index (χ0v) is 63.2. The average Bonchev–Trinajstić information content (AvgIpc) is 1.61. The van der Waals surface area contributed by atoms with Gasteiger partial charge in [0.2, 0.25) is 0 Å². The molecule has 0 aromatic carbocycles. The van der Waals surface area contributed by atoms with Gasteiger partial charge >= 0.3 is 11.9 Å². The lowest BCUT2D eigenvalue weighted by molar-refractivity contribution is -0.200. The Kier molecular flexibility index (Phi) is 27.0. The molecule has 576 valence electrons. The molecule has 13 saturated heterocycles. The fraction of sp³-hybridized carbons (Fsp3) is 0.967. The van der Waals surface area contributed by atoms with Crippen LogP contribution in [0.5, 0.6) is 0 Å². The van der Waals surface area contributed by atoms with E-state index in [0.717, 1.165) is 29.8 Å². The molecule has 13 rings (SSSR count). The van der Waals surface area contributed by atoms with Crippen molar-refractivity contribution < 1.29 is 156 Å². The SMILES string of the molecule is CC1(C)OC[C@@H]([C@@H]2OC(=O)[C@@H]3OC(C)(C)O[C@H]23)O1.CC1(C)OC[C@@H]([C@H](OS(C)(=O)=O)[C@H]2OC(C)(C)O[C@H]2COS(C)(=O)=O)O1.CC1(C)O[C@@H]2[C@@H]([C@@H]3COC(C)(C)O3)SC[C@@H]2O1.CC1(C)O[C@H]2[C@H](CS[C@@H]2C(O)CO)O1.CC1(C)O[C@H]2[C@H](CS[C@@H]2CO)O1.O=C1O[C@@H]([C@@H](O)CO)[C@@H](O)[C@H]1O. The Hall–Kier alpha value is -1.11. The molecule has 13 fully saturated rings. The third-order valence-electron chi connectivity index (χ3n) is 16.9. The summed E-state index contributed by atoms with van der Waals surface area (Å²) in [6, 6.07) is 0. The Morgan fingerprint density at radius 3 is 1.45 bits per heavy atom. The van der Waals surface area contributed by atoms with E-state index in [1.165, 1.54) is 0 Å². The molecule has 38 heteroatoms. The van der Waals surface area contributed by atoms with E-state index in [0.29, 0.717) is 18.5 Å². The fourth-order valence-corrected chi connectivity index (χ4v) is 18.1. The number of rotatable bonds is 14. The number of carbonyl (C=O) groups is 2. The van der Waals surface area contributed by atoms with E-state index in [1.54, 1.807) is 65.1 Å². The summed E-state index contributed by atoms with van der Waals surface area (Å²) in [5.41, 5.74) is 0. The van der Waals surface area contributed by atoms with Crippen LogP contribution in [-0.2, 0) is 123 Å². The van der Waals surface area contributed by atoms with Gasteiger partial charge in [-0.2, -0.15) is 52.1 Å². The van der Waals surface area contributed by atoms with Gasteiger partial charge in [-0.3, -0.25) is 8.37 Å². The Balaban J connectivity index is 0.000000155. The summed E-state index contributed by atoms with van der Waals surface area (Å²) >= 11 is 5.22. The lowest BCUT2D eigenvalue weighted by Gasteiger charge is -2.29. The van der Waals surface area contributed by atoms with Crippen molar-refractivity contribution >= 4 is 67.5 Å². The molecule has 7 N–H and O–H groups in total. The lowest BCUT2D eigenvalue weighted by atomic mass is 10.0. The minimum absolute atomic E-state index is 0.0567. The zero-order valence-electron chi connectivity index (χ0n) is 59.1. The number of carbonyl (C=O) groups excluding carboxylic acids is 2. The molecule has 0 radical (unpaired) electrons. The van der Waals surface area contributed by atoms with Crippen molar-refractivity contribution in [3.8, 4) is 0 Å². The molecule has 0 saturated carbocycles. The minimum atomic E-state index is -3.87. The third-order valence-corrected chi connectivity index (χ3v) is 22.4. The maximum Gasteiger partial charge on any atom is 0.338 e. The smallest absolute Gasteiger partial charge is 0.338 e. The van der Waals surface area contributed by atoms with Crippen molar-refractivity contribution in [1.82, 2.24) is 0 Å². The molecule has 13 heterocycles. The summed E-state index contributed by atoms with van der Waals surface area (Å²) in [7, 11) is -7.59. The number of fused-ring (bicyclic) bond motifs is 4. The van der Waals surface area contributed by atoms with Crippen LogP contribution in [0.3, 0.4) is 0 Å². The number of hydrogen-bond acceptors (Lipinski definition) is 36. The Bertz CT molecular complexity index is 2940. The number of aliphatic hydroxyl groups excluding tert-OH is 7. The van der Waals surface area contributed by atoms with E-state index < -0.39 is 152 Å². The number of aliphatic hydroxyl groups is 7. The van der Waals surface area contributed by atoms with Crippen molar-refractivity contribution in [3.05, 3.63) is 0 Å². The van der Waals surface area contributed by atoms with Crippen LogP contribution < -0.4 is 0 Å². The molecule has 0 spiro atoms. The van der Waals surface area contributed by atoms with Crippen LogP contribution in [0.15, 0.2) is 0 Å². The summed E-state index contributed by atoms with van der Waals surface area (Å²) in [6.07, 6.45) is -9.47. The predicted octanol–water partition coefficient (Wildman–Crippen LogP) is -0.0881. The molecule has 0 aliphatic carbocycles. The van der Waals surface area contributed by atoms with Crippen LogP contribution in [0.4, 0.5) is 0 Å². The summed E-state index contributed by atoms with van der Waals surface area (Å²) < 4.78 is 157. The summed E-state index contributed by atoms with van der Waals surface area (Å²) in [4.78, 5) is 22.3. The second kappa shape index (κ2) is 32.0. The highest BCUT2D eigenvalue weighted by molar-refractivity contribution is 8.00. The Labute approximate surface area is 591 Å². The molecule has 0 aromatic rings. The third kappa shape index (κ3) is 22.3. The van der Waals surface area contributed by atoms with Crippen LogP contribution in [0, 0.1) is 0 Å². The van der Waals surface area contributed by atoms with Crippen LogP contribution in [0.1, 0.15) is 111 Å². The maximum atomic E-state index is 11.8. The monoisotopic (exact) mass is 1520 g/mol. The quantitative estimate of drug-likeness (QED) is 0.0883. The second-order valence-corrected chi connectivity index (χ2v) is 36.3. The minimum Gasteiger partial charge on any atom is -0.455 e. The number of esters is 2. The van der Waals surface area contributed by atoms with E-state index in [-0.39, 0.29) is 91.7 Å². The highest BCUT2D eigenvalue weighted by Gasteiger charge is 2.61. The molecule has 13 aliphatic heterocycles. The second-order valence-electron chi connectivity index (χ2n) is 29.3. The van der Waals surface area contributed by atoms with Gasteiger partial charge < -0.3 is 121 Å². The summed E-state index contributed by atoms with van der Waals surface area (Å²) in [6.45, 7) is 29.4. The highest BCUT2D eigenvalue weighted by Crippen LogP contribution is 2.47. The van der Waals surface area contributed by atoms with Gasteiger partial charge in [-0.1, -0.05) is 0 Å². The molecular formula is C61H104O33S5. The maximum absolute atomic E-state index is 11.8. The molecule has 23 atom stereocenters. The van der Waals surface area contributed by atoms with Gasteiger partial charge in [-0.25, -0.2) is 9.59 Å². The molecule has 33 nitrogen and oxygen atoms in total. The molecule has 0 bridgehead atoms. The topological polar surface area (TPSA) is 429 Å². The van der Waals surface area contributed by atoms with Crippen molar-refractivity contribution in [2.75, 3.05) is 76.0 Å². The van der Waals surface area contributed by atoms with Crippen LogP contribution in [-0.4, -0.2) is 325 Å². The van der Waals surface area contributed by atoms with Crippen molar-refractivity contribution in [2.45, 2.75) is 295 Å². The van der Waals surface area contributed by atoms with Crippen LogP contribution in [0.25, 0.3) is 0 Å². The Morgan fingerprint density at radius 1 is 0.475 bits per heavy atom. The first-order valence-corrected chi connectivity index (χ1v) is 39.5. The van der Waals surface area contributed by atoms with Gasteiger partial charge in [0.05, 0.1) is 105 Å². The average molecular weight is 1530 g/mol. The number of cyclic esters (lactones) is 2. The van der Waals surface area contributed by atoms with Crippen LogP contribution in [0.2, 0.25) is 0 Å². The summed E-state index contributed by atoms with van der Waals surface area (Å²) in [5.74, 6) is -3.96. The largest absolute Gasteiger partial charge is 0.455 e. The van der Waals surface area contributed by atoms with Gasteiger partial charge in [0.15, 0.2) is 70.7 Å². The van der Waals surface area contributed by atoms with Crippen LogP contribution >= 0.6 is 35.3 Å². The molecule has 0 aromatic heterocycles. The van der Waals surface area contributed by atoms with E-state index in [2.05, 4.69) is 4.74 Å². The zero-order chi connectivity index (χ0) is 73.8. The number of hydrogen-bond donors (Lipinski definition) is 7. The molecule has 1 unspecified atom stereocenters. The van der Waals surface area contributed by atoms with E-state index in [1.807, 2.05) is 81.0 Å². The molecular weight excluding hydrogens is 1420 g/mol. The van der Waals surface area contributed by atoms with Gasteiger partial charge in [-0.15, -0.1) is 0 Å². The first-order chi connectivity index (χ1) is 45.4. The normalized spacial score (nSPS) is 40.9. The Morgan fingerprint density at radius 2 is 0.949 bits per heavy atom. The summed E-state index contributed by atoms with van der Waals surface area (Å²) in [5, 5.41) is 63.3. The van der Waals surface area contributed by atoms with Gasteiger partial charge in [-0.05, 0) is 111 Å². The van der Waals surface area contributed by atoms with Crippen molar-refractivity contribution in [1.29, 1.82) is 0 Å². The molecule has 0 amide bonds. The van der Waals surface area contributed by atoms with Gasteiger partial charge in [0.1, 0.15) is 67.1 Å². The van der Waals surface area contributed by atoms with Gasteiger partial charge in [0.25, 0.3) is 20.2 Å².